The van der Waals surface area contributed by atoms with Crippen LogP contribution in [-0.4, -0.2) is 30.9 Å². The SMILES string of the molecule is O=C(Nc1ccc(Nc2ccc(-n3cccn3)nn2)cc1)c1ccc(C(F)(F)F)nc1. The summed E-state index contributed by atoms with van der Waals surface area (Å²) in [6.07, 6.45) is -0.269. The summed E-state index contributed by atoms with van der Waals surface area (Å²) in [4.78, 5) is 15.5. The maximum absolute atomic E-state index is 12.6. The minimum atomic E-state index is -4.55. The Labute approximate surface area is 173 Å². The van der Waals surface area contributed by atoms with E-state index in [0.29, 0.717) is 23.0 Å². The zero-order valence-electron chi connectivity index (χ0n) is 15.7. The van der Waals surface area contributed by atoms with Crippen LogP contribution in [0, 0.1) is 0 Å². The number of alkyl halides is 3. The minimum Gasteiger partial charge on any atom is -0.339 e. The molecule has 2 N–H and O–H groups in total. The fourth-order valence-corrected chi connectivity index (χ4v) is 2.60. The van der Waals surface area contributed by atoms with E-state index in [1.54, 1.807) is 59.5 Å². The van der Waals surface area contributed by atoms with Gasteiger partial charge in [-0.15, -0.1) is 10.2 Å². The van der Waals surface area contributed by atoms with Gasteiger partial charge in [-0.1, -0.05) is 0 Å². The molecule has 4 rings (SSSR count). The number of hydrogen-bond acceptors (Lipinski definition) is 6. The first-order chi connectivity index (χ1) is 14.9. The first-order valence-electron chi connectivity index (χ1n) is 8.94. The maximum Gasteiger partial charge on any atom is 0.433 e. The molecule has 0 aliphatic carbocycles. The highest BCUT2D eigenvalue weighted by molar-refractivity contribution is 6.04. The van der Waals surface area contributed by atoms with E-state index in [1.165, 1.54) is 0 Å². The molecule has 0 saturated heterocycles. The fourth-order valence-electron chi connectivity index (χ4n) is 2.60. The van der Waals surface area contributed by atoms with Crippen LogP contribution in [0.4, 0.5) is 30.4 Å². The second-order valence-corrected chi connectivity index (χ2v) is 6.31. The van der Waals surface area contributed by atoms with Gasteiger partial charge in [-0.25, -0.2) is 4.68 Å². The quantitative estimate of drug-likeness (QED) is 0.500. The Morgan fingerprint density at radius 1 is 0.935 bits per heavy atom. The normalized spacial score (nSPS) is 11.2. The molecule has 3 heterocycles. The molecular weight excluding hydrogens is 411 g/mol. The van der Waals surface area contributed by atoms with Crippen molar-refractivity contribution in [2.24, 2.45) is 0 Å². The molecule has 0 unspecified atom stereocenters. The van der Waals surface area contributed by atoms with Crippen LogP contribution in [0.25, 0.3) is 5.82 Å². The molecule has 3 aromatic heterocycles. The monoisotopic (exact) mass is 425 g/mol. The summed E-state index contributed by atoms with van der Waals surface area (Å²) in [6.45, 7) is 0. The molecule has 1 aromatic carbocycles. The zero-order valence-corrected chi connectivity index (χ0v) is 15.7. The minimum absolute atomic E-state index is 0.0164. The summed E-state index contributed by atoms with van der Waals surface area (Å²) in [7, 11) is 0. The molecule has 1 amide bonds. The van der Waals surface area contributed by atoms with Gasteiger partial charge in [0.25, 0.3) is 5.91 Å². The molecule has 8 nitrogen and oxygen atoms in total. The number of rotatable bonds is 5. The predicted molar refractivity (Wildman–Crippen MR) is 106 cm³/mol. The number of carbonyl (C=O) groups is 1. The zero-order chi connectivity index (χ0) is 21.8. The standard InChI is InChI=1S/C20H14F3N7O/c21-20(22,23)16-7-2-13(12-24-16)19(31)27-15-5-3-14(4-6-15)26-17-8-9-18(29-28-17)30-11-1-10-25-30/h1-12H,(H,26,28)(H,27,31). The lowest BCUT2D eigenvalue weighted by molar-refractivity contribution is -0.141. The molecule has 156 valence electrons. The van der Waals surface area contributed by atoms with Crippen molar-refractivity contribution in [3.8, 4) is 5.82 Å². The number of halogens is 3. The largest absolute Gasteiger partial charge is 0.433 e. The average Bonchev–Trinajstić information content (AvgIpc) is 3.30. The van der Waals surface area contributed by atoms with Crippen molar-refractivity contribution < 1.29 is 18.0 Å². The molecule has 0 atom stereocenters. The topological polar surface area (TPSA) is 97.6 Å². The number of pyridine rings is 1. The van der Waals surface area contributed by atoms with Crippen molar-refractivity contribution in [3.63, 3.8) is 0 Å². The number of nitrogens with one attached hydrogen (secondary N) is 2. The highest BCUT2D eigenvalue weighted by atomic mass is 19.4. The summed E-state index contributed by atoms with van der Waals surface area (Å²) in [5, 5.41) is 17.9. The van der Waals surface area contributed by atoms with E-state index >= 15 is 0 Å². The Hall–Kier alpha value is -4.28. The summed E-state index contributed by atoms with van der Waals surface area (Å²) in [6, 6.07) is 13.8. The van der Waals surface area contributed by atoms with Gasteiger partial charge in [0.1, 0.15) is 5.69 Å². The Balaban J connectivity index is 1.37. The molecule has 0 spiro atoms. The molecule has 0 aliphatic rings. The van der Waals surface area contributed by atoms with Crippen molar-refractivity contribution >= 4 is 23.1 Å². The van der Waals surface area contributed by atoms with Crippen molar-refractivity contribution in [2.45, 2.75) is 6.18 Å². The summed E-state index contributed by atoms with van der Waals surface area (Å²) >= 11 is 0. The summed E-state index contributed by atoms with van der Waals surface area (Å²) < 4.78 is 39.3. The molecule has 11 heteroatoms. The first-order valence-corrected chi connectivity index (χ1v) is 8.94. The lowest BCUT2D eigenvalue weighted by Crippen LogP contribution is -2.14. The Kier molecular flexibility index (Phi) is 5.31. The van der Waals surface area contributed by atoms with Crippen LogP contribution >= 0.6 is 0 Å². The molecule has 0 bridgehead atoms. The van der Waals surface area contributed by atoms with Crippen LogP contribution in [0.3, 0.4) is 0 Å². The van der Waals surface area contributed by atoms with Crippen molar-refractivity contribution in [2.75, 3.05) is 10.6 Å². The van der Waals surface area contributed by atoms with Gasteiger partial charge in [0.05, 0.1) is 5.56 Å². The number of carbonyl (C=O) groups excluding carboxylic acids is 1. The summed E-state index contributed by atoms with van der Waals surface area (Å²) in [5.74, 6) is 0.525. The third-order valence-corrected chi connectivity index (χ3v) is 4.12. The van der Waals surface area contributed by atoms with E-state index in [1.807, 2.05) is 0 Å². The molecule has 0 aliphatic heterocycles. The van der Waals surface area contributed by atoms with Gasteiger partial charge in [0.15, 0.2) is 11.6 Å². The number of hydrogen-bond donors (Lipinski definition) is 2. The van der Waals surface area contributed by atoms with Gasteiger partial charge in [-0.3, -0.25) is 9.78 Å². The van der Waals surface area contributed by atoms with E-state index in [2.05, 4.69) is 30.9 Å². The molecule has 4 aromatic rings. The third kappa shape index (κ3) is 4.83. The van der Waals surface area contributed by atoms with Crippen LogP contribution in [0.5, 0.6) is 0 Å². The van der Waals surface area contributed by atoms with E-state index in [0.717, 1.165) is 18.3 Å². The van der Waals surface area contributed by atoms with Crippen LogP contribution in [0.15, 0.2) is 73.2 Å². The summed E-state index contributed by atoms with van der Waals surface area (Å²) in [5.41, 5.74) is 0.133. The van der Waals surface area contributed by atoms with Crippen molar-refractivity contribution in [3.05, 3.63) is 84.4 Å². The second kappa shape index (κ2) is 8.22. The number of nitrogens with zero attached hydrogens (tertiary/aromatic N) is 5. The van der Waals surface area contributed by atoms with E-state index in [9.17, 15) is 18.0 Å². The highest BCUT2D eigenvalue weighted by Gasteiger charge is 2.32. The highest BCUT2D eigenvalue weighted by Crippen LogP contribution is 2.27. The van der Waals surface area contributed by atoms with Crippen molar-refractivity contribution in [1.29, 1.82) is 0 Å². The molecule has 0 saturated carbocycles. The lowest BCUT2D eigenvalue weighted by Gasteiger charge is -2.09. The third-order valence-electron chi connectivity index (χ3n) is 4.12. The van der Waals surface area contributed by atoms with Gasteiger partial charge in [-0.2, -0.15) is 18.3 Å². The number of aromatic nitrogens is 5. The number of benzene rings is 1. The van der Waals surface area contributed by atoms with Crippen LogP contribution in [-0.2, 0) is 6.18 Å². The predicted octanol–water partition coefficient (Wildman–Crippen LogP) is 4.07. The van der Waals surface area contributed by atoms with Gasteiger partial charge in [-0.05, 0) is 54.6 Å². The van der Waals surface area contributed by atoms with E-state index < -0.39 is 17.8 Å². The Morgan fingerprint density at radius 2 is 1.71 bits per heavy atom. The van der Waals surface area contributed by atoms with Crippen molar-refractivity contribution in [1.82, 2.24) is 25.0 Å². The molecule has 31 heavy (non-hydrogen) atoms. The number of anilines is 3. The lowest BCUT2D eigenvalue weighted by atomic mass is 10.2. The van der Waals surface area contributed by atoms with Crippen LogP contribution in [0.2, 0.25) is 0 Å². The van der Waals surface area contributed by atoms with Gasteiger partial charge in [0, 0.05) is 30.0 Å². The molecular formula is C20H14F3N7O. The van der Waals surface area contributed by atoms with Crippen LogP contribution in [0.1, 0.15) is 16.1 Å². The fraction of sp³-hybridized carbons (Fsp3) is 0.0500. The smallest absolute Gasteiger partial charge is 0.339 e. The average molecular weight is 425 g/mol. The van der Waals surface area contributed by atoms with Gasteiger partial charge >= 0.3 is 6.18 Å². The van der Waals surface area contributed by atoms with E-state index in [-0.39, 0.29) is 5.56 Å². The van der Waals surface area contributed by atoms with Gasteiger partial charge < -0.3 is 10.6 Å². The second-order valence-electron chi connectivity index (χ2n) is 6.31. The Morgan fingerprint density at radius 3 is 2.29 bits per heavy atom. The van der Waals surface area contributed by atoms with E-state index in [4.69, 9.17) is 0 Å². The maximum atomic E-state index is 12.6. The Bertz CT molecular complexity index is 1160. The molecule has 0 radical (unpaired) electrons. The van der Waals surface area contributed by atoms with Crippen LogP contribution < -0.4 is 10.6 Å². The van der Waals surface area contributed by atoms with Gasteiger partial charge in [0.2, 0.25) is 0 Å². The molecule has 0 fully saturated rings. The number of amides is 1. The first kappa shape index (κ1) is 20.0.